The summed E-state index contributed by atoms with van der Waals surface area (Å²) >= 11 is 0. The Labute approximate surface area is 54.1 Å². The molecule has 52 valence electrons. The highest BCUT2D eigenvalue weighted by Gasteiger charge is 2.31. The Balaban J connectivity index is 2.31. The summed E-state index contributed by atoms with van der Waals surface area (Å²) in [5.41, 5.74) is 0. The molecule has 0 spiro atoms. The van der Waals surface area contributed by atoms with Crippen LogP contribution in [0, 0.1) is 0 Å². The van der Waals surface area contributed by atoms with Gasteiger partial charge >= 0.3 is 8.03 Å². The Morgan fingerprint density at radius 2 is 2.56 bits per heavy atom. The number of rotatable bonds is 1. The summed E-state index contributed by atoms with van der Waals surface area (Å²) in [7, 11) is -2.15. The molecule has 1 heterocycles. The maximum absolute atomic E-state index is 10.3. The maximum atomic E-state index is 10.3. The molecule has 1 aliphatic heterocycles. The van der Waals surface area contributed by atoms with Crippen LogP contribution < -0.4 is 5.32 Å². The highest BCUT2D eigenvalue weighted by molar-refractivity contribution is 7.38. The molecule has 2 N–H and O–H groups in total. The molecule has 0 aromatic rings. The predicted octanol–water partition coefficient (Wildman–Crippen LogP) is -0.333. The van der Waals surface area contributed by atoms with Gasteiger partial charge in [-0.1, -0.05) is 0 Å². The smallest absolute Gasteiger partial charge is 0.330 e. The summed E-state index contributed by atoms with van der Waals surface area (Å²) in [5, 5.41) is 2.95. The summed E-state index contributed by atoms with van der Waals surface area (Å²) in [4.78, 5) is 8.52. The highest BCUT2D eigenvalue weighted by atomic mass is 31.1. The summed E-state index contributed by atoms with van der Waals surface area (Å²) in [5.74, 6) is -0.492. The lowest BCUT2D eigenvalue weighted by atomic mass is 10.5. The molecule has 0 aromatic heterocycles. The number of nitrogens with one attached hydrogen (secondary N) is 1. The van der Waals surface area contributed by atoms with Crippen molar-refractivity contribution in [1.29, 1.82) is 0 Å². The van der Waals surface area contributed by atoms with Crippen LogP contribution in [0.15, 0.2) is 0 Å². The zero-order valence-electron chi connectivity index (χ0n) is 4.91. The van der Waals surface area contributed by atoms with Gasteiger partial charge in [-0.2, -0.15) is 4.89 Å². The first-order valence-electron chi connectivity index (χ1n) is 2.78. The third kappa shape index (κ3) is 1.99. The van der Waals surface area contributed by atoms with E-state index in [1.54, 1.807) is 0 Å². The second-order valence-corrected chi connectivity index (χ2v) is 3.01. The Kier molecular flexibility index (Phi) is 2.54. The summed E-state index contributed by atoms with van der Waals surface area (Å²) in [6, 6.07) is 0. The van der Waals surface area contributed by atoms with E-state index in [4.69, 9.17) is 9.63 Å². The minimum Gasteiger partial charge on any atom is -0.330 e. The Hall–Kier alpha value is -0.0200. The first kappa shape index (κ1) is 7.09. The molecule has 2 atom stereocenters. The van der Waals surface area contributed by atoms with Gasteiger partial charge in [0.1, 0.15) is 0 Å². The molecule has 0 aromatic carbocycles. The average Bonchev–Trinajstić information content (AvgIpc) is 1.90. The van der Waals surface area contributed by atoms with E-state index in [-0.39, 0.29) is 0 Å². The van der Waals surface area contributed by atoms with Crippen LogP contribution in [-0.4, -0.2) is 30.4 Å². The third-order valence-corrected chi connectivity index (χ3v) is 1.98. The molecule has 1 saturated heterocycles. The molecule has 1 fully saturated rings. The highest BCUT2D eigenvalue weighted by Crippen LogP contribution is 2.23. The number of ether oxygens (including phenoxy) is 1. The normalized spacial score (nSPS) is 29.9. The van der Waals surface area contributed by atoms with Gasteiger partial charge in [-0.15, -0.1) is 0 Å². The van der Waals surface area contributed by atoms with Crippen molar-refractivity contribution in [3.63, 3.8) is 0 Å². The molecule has 0 saturated carbocycles. The van der Waals surface area contributed by atoms with Crippen molar-refractivity contribution in [1.82, 2.24) is 5.32 Å². The average molecular weight is 150 g/mol. The molecule has 5 heteroatoms. The van der Waals surface area contributed by atoms with Gasteiger partial charge in [-0.3, -0.25) is 0 Å². The van der Waals surface area contributed by atoms with Crippen LogP contribution in [0.3, 0.4) is 0 Å². The molecule has 0 bridgehead atoms. The van der Waals surface area contributed by atoms with Crippen LogP contribution in [-0.2, 0) is 9.30 Å². The van der Waals surface area contributed by atoms with E-state index in [1.807, 2.05) is 0 Å². The van der Waals surface area contributed by atoms with Gasteiger partial charge in [-0.25, -0.2) is 0 Å². The van der Waals surface area contributed by atoms with Gasteiger partial charge in [0.2, 0.25) is 0 Å². The van der Waals surface area contributed by atoms with Crippen molar-refractivity contribution < 1.29 is 14.2 Å². The molecule has 1 aliphatic rings. The zero-order valence-corrected chi connectivity index (χ0v) is 5.80. The number of morpholine rings is 1. The van der Waals surface area contributed by atoms with Crippen LogP contribution in [0.5, 0.6) is 0 Å². The molecular weight excluding hydrogens is 141 g/mol. The quantitative estimate of drug-likeness (QED) is 0.502. The van der Waals surface area contributed by atoms with E-state index < -0.39 is 13.9 Å². The van der Waals surface area contributed by atoms with Gasteiger partial charge in [0.05, 0.1) is 13.2 Å². The van der Waals surface area contributed by atoms with Gasteiger partial charge in [0.25, 0.3) is 5.85 Å². The third-order valence-electron chi connectivity index (χ3n) is 1.15. The van der Waals surface area contributed by atoms with Crippen LogP contribution in [0.2, 0.25) is 0 Å². The largest absolute Gasteiger partial charge is 0.539 e. The lowest BCUT2D eigenvalue weighted by molar-refractivity contribution is 0.0741. The SMILES string of the molecule is O=[P+](O)C1CNCCO1. The van der Waals surface area contributed by atoms with Crippen molar-refractivity contribution in [2.24, 2.45) is 0 Å². The van der Waals surface area contributed by atoms with E-state index in [0.29, 0.717) is 13.2 Å². The van der Waals surface area contributed by atoms with Crippen molar-refractivity contribution in [2.75, 3.05) is 19.7 Å². The van der Waals surface area contributed by atoms with E-state index in [2.05, 4.69) is 5.32 Å². The Morgan fingerprint density at radius 3 is 2.89 bits per heavy atom. The number of hydrogen-bond acceptors (Lipinski definition) is 3. The van der Waals surface area contributed by atoms with Crippen LogP contribution in [0.1, 0.15) is 0 Å². The van der Waals surface area contributed by atoms with Crippen LogP contribution in [0.4, 0.5) is 0 Å². The Bertz CT molecular complexity index is 112. The fraction of sp³-hybridized carbons (Fsp3) is 1.00. The summed E-state index contributed by atoms with van der Waals surface area (Å²) < 4.78 is 15.3. The van der Waals surface area contributed by atoms with Crippen LogP contribution in [0.25, 0.3) is 0 Å². The van der Waals surface area contributed by atoms with E-state index in [0.717, 1.165) is 6.54 Å². The molecule has 0 aliphatic carbocycles. The minimum absolute atomic E-state index is 0.492. The Morgan fingerprint density at radius 1 is 1.78 bits per heavy atom. The van der Waals surface area contributed by atoms with E-state index in [1.165, 1.54) is 0 Å². The summed E-state index contributed by atoms with van der Waals surface area (Å²) in [6.07, 6.45) is 0. The fourth-order valence-corrected chi connectivity index (χ4v) is 1.21. The van der Waals surface area contributed by atoms with Crippen LogP contribution >= 0.6 is 8.03 Å². The minimum atomic E-state index is -2.15. The molecule has 2 unspecified atom stereocenters. The van der Waals surface area contributed by atoms with Crippen molar-refractivity contribution in [3.8, 4) is 0 Å². The molecule has 0 radical (unpaired) electrons. The van der Waals surface area contributed by atoms with E-state index >= 15 is 0 Å². The second-order valence-electron chi connectivity index (χ2n) is 1.83. The molecule has 0 amide bonds. The molecular formula is C4H9NO3P+. The molecule has 1 rings (SSSR count). The van der Waals surface area contributed by atoms with Gasteiger partial charge < -0.3 is 10.1 Å². The lowest BCUT2D eigenvalue weighted by Crippen LogP contribution is -2.36. The standard InChI is InChI=1S/C4H8NO3P/c6-9(7)4-3-5-1-2-8-4/h4-5H,1-3H2/p+1. The van der Waals surface area contributed by atoms with Crippen molar-refractivity contribution in [3.05, 3.63) is 0 Å². The maximum Gasteiger partial charge on any atom is 0.539 e. The first-order valence-corrected chi connectivity index (χ1v) is 4.06. The van der Waals surface area contributed by atoms with Crippen molar-refractivity contribution >= 4 is 8.03 Å². The van der Waals surface area contributed by atoms with E-state index in [9.17, 15) is 4.57 Å². The predicted molar refractivity (Wildman–Crippen MR) is 32.4 cm³/mol. The monoisotopic (exact) mass is 150 g/mol. The topological polar surface area (TPSA) is 58.6 Å². The molecule has 9 heavy (non-hydrogen) atoms. The van der Waals surface area contributed by atoms with Crippen molar-refractivity contribution in [2.45, 2.75) is 5.85 Å². The lowest BCUT2D eigenvalue weighted by Gasteiger charge is -2.13. The van der Waals surface area contributed by atoms with Gasteiger partial charge in [-0.05, 0) is 4.57 Å². The van der Waals surface area contributed by atoms with Gasteiger partial charge in [0.15, 0.2) is 0 Å². The first-order chi connectivity index (χ1) is 4.30. The van der Waals surface area contributed by atoms with Gasteiger partial charge in [0, 0.05) is 6.54 Å². The molecule has 4 nitrogen and oxygen atoms in total. The zero-order chi connectivity index (χ0) is 6.69. The number of hydrogen-bond donors (Lipinski definition) is 2. The second kappa shape index (κ2) is 3.22. The fourth-order valence-electron chi connectivity index (χ4n) is 0.693. The summed E-state index contributed by atoms with van der Waals surface area (Å²) in [6.45, 7) is 1.80.